The normalized spacial score (nSPS) is 36.2. The van der Waals surface area contributed by atoms with E-state index in [-0.39, 0.29) is 5.91 Å². The highest BCUT2D eigenvalue weighted by molar-refractivity contribution is 6.34. The van der Waals surface area contributed by atoms with Crippen LogP contribution in [-0.4, -0.2) is 29.6 Å². The Morgan fingerprint density at radius 3 is 2.88 bits per heavy atom. The molecule has 0 aliphatic carbocycles. The summed E-state index contributed by atoms with van der Waals surface area (Å²) in [5.41, 5.74) is -0.419. The molecule has 6 heteroatoms. The van der Waals surface area contributed by atoms with Crippen molar-refractivity contribution in [3.05, 3.63) is 54.1 Å². The van der Waals surface area contributed by atoms with Gasteiger partial charge in [-0.1, -0.05) is 42.0 Å². The standard InChI is InChI=1S/C18H16ClNO4/c1-2-5-13-18-9-8-12(24-18)14(17(22)23)15(18)16(21)20(13)11-7-4-3-6-10(11)19/h2-4,6-9,12-15H,1,5H2,(H,22,23)/p-1. The zero-order valence-electron chi connectivity index (χ0n) is 12.7. The van der Waals surface area contributed by atoms with Gasteiger partial charge in [0, 0.05) is 11.9 Å². The second-order valence-electron chi connectivity index (χ2n) is 6.32. The first kappa shape index (κ1) is 15.4. The van der Waals surface area contributed by atoms with Crippen LogP contribution in [0.4, 0.5) is 5.69 Å². The number of carboxylic acids is 1. The lowest BCUT2D eigenvalue weighted by atomic mass is 9.74. The molecule has 3 aliphatic rings. The van der Waals surface area contributed by atoms with E-state index in [2.05, 4.69) is 6.58 Å². The van der Waals surface area contributed by atoms with Gasteiger partial charge in [0.1, 0.15) is 5.60 Å². The van der Waals surface area contributed by atoms with E-state index in [1.54, 1.807) is 41.3 Å². The average Bonchev–Trinajstić information content (AvgIpc) is 3.18. The largest absolute Gasteiger partial charge is 0.550 e. The van der Waals surface area contributed by atoms with Crippen molar-refractivity contribution in [3.8, 4) is 0 Å². The van der Waals surface area contributed by atoms with Crippen molar-refractivity contribution < 1.29 is 19.4 Å². The molecule has 3 heterocycles. The Balaban J connectivity index is 1.87. The lowest BCUT2D eigenvalue weighted by Gasteiger charge is -2.33. The molecule has 0 aromatic heterocycles. The number of fused-ring (bicyclic) bond motifs is 1. The number of anilines is 1. The fourth-order valence-corrected chi connectivity index (χ4v) is 4.53. The fraction of sp³-hybridized carbons (Fsp3) is 0.333. The summed E-state index contributed by atoms with van der Waals surface area (Å²) in [5.74, 6) is -3.35. The number of para-hydroxylation sites is 1. The molecule has 1 aromatic carbocycles. The van der Waals surface area contributed by atoms with Crippen LogP contribution in [0.1, 0.15) is 6.42 Å². The Hall–Kier alpha value is -2.11. The highest BCUT2D eigenvalue weighted by Gasteiger charge is 2.69. The number of carboxylic acid groups (broad SMARTS) is 1. The number of amides is 1. The zero-order chi connectivity index (χ0) is 17.1. The van der Waals surface area contributed by atoms with E-state index in [0.717, 1.165) is 0 Å². The highest BCUT2D eigenvalue weighted by atomic mass is 35.5. The van der Waals surface area contributed by atoms with E-state index < -0.39 is 35.6 Å². The predicted molar refractivity (Wildman–Crippen MR) is 86.3 cm³/mol. The quantitative estimate of drug-likeness (QED) is 0.772. The molecule has 0 N–H and O–H groups in total. The number of nitrogens with zero attached hydrogens (tertiary/aromatic N) is 1. The van der Waals surface area contributed by atoms with Gasteiger partial charge in [0.05, 0.1) is 28.8 Å². The molecular weight excluding hydrogens is 330 g/mol. The minimum atomic E-state index is -1.26. The number of benzene rings is 1. The molecule has 3 aliphatic heterocycles. The van der Waals surface area contributed by atoms with Crippen molar-refractivity contribution in [3.63, 3.8) is 0 Å². The molecule has 4 rings (SSSR count). The van der Waals surface area contributed by atoms with Crippen LogP contribution in [-0.2, 0) is 14.3 Å². The molecule has 0 radical (unpaired) electrons. The third-order valence-corrected chi connectivity index (χ3v) is 5.52. The van der Waals surface area contributed by atoms with Crippen molar-refractivity contribution in [1.82, 2.24) is 0 Å². The minimum Gasteiger partial charge on any atom is -0.550 e. The maximum Gasteiger partial charge on any atom is 0.234 e. The lowest BCUT2D eigenvalue weighted by Crippen LogP contribution is -2.46. The number of rotatable bonds is 4. The Morgan fingerprint density at radius 2 is 2.21 bits per heavy atom. The second kappa shape index (κ2) is 5.19. The molecule has 5 unspecified atom stereocenters. The molecule has 1 spiro atoms. The number of hydrogen-bond acceptors (Lipinski definition) is 4. The third kappa shape index (κ3) is 1.79. The molecule has 5 nitrogen and oxygen atoms in total. The zero-order valence-corrected chi connectivity index (χ0v) is 13.5. The maximum atomic E-state index is 13.2. The molecule has 1 aromatic rings. The van der Waals surface area contributed by atoms with Crippen LogP contribution in [0.2, 0.25) is 5.02 Å². The first-order chi connectivity index (χ1) is 11.5. The van der Waals surface area contributed by atoms with Crippen molar-refractivity contribution in [1.29, 1.82) is 0 Å². The highest BCUT2D eigenvalue weighted by Crippen LogP contribution is 2.56. The number of halogens is 1. The minimum absolute atomic E-state index is 0.295. The Bertz CT molecular complexity index is 776. The summed E-state index contributed by atoms with van der Waals surface area (Å²) >= 11 is 6.28. The van der Waals surface area contributed by atoms with E-state index in [1.165, 1.54) is 0 Å². The second-order valence-corrected chi connectivity index (χ2v) is 6.72. The topological polar surface area (TPSA) is 69.7 Å². The van der Waals surface area contributed by atoms with Crippen molar-refractivity contribution in [2.45, 2.75) is 24.2 Å². The van der Waals surface area contributed by atoms with Crippen molar-refractivity contribution in [2.24, 2.45) is 11.8 Å². The van der Waals surface area contributed by atoms with Gasteiger partial charge < -0.3 is 19.5 Å². The van der Waals surface area contributed by atoms with Crippen molar-refractivity contribution >= 4 is 29.2 Å². The van der Waals surface area contributed by atoms with Gasteiger partial charge in [0.25, 0.3) is 0 Å². The smallest absolute Gasteiger partial charge is 0.234 e. The summed E-state index contributed by atoms with van der Waals surface area (Å²) in [7, 11) is 0. The van der Waals surface area contributed by atoms with E-state index in [9.17, 15) is 14.7 Å². The van der Waals surface area contributed by atoms with Crippen molar-refractivity contribution in [2.75, 3.05) is 4.90 Å². The van der Waals surface area contributed by atoms with E-state index in [4.69, 9.17) is 16.3 Å². The number of hydrogen-bond donors (Lipinski definition) is 0. The molecule has 5 atom stereocenters. The molecule has 1 amide bonds. The van der Waals surface area contributed by atoms with Gasteiger partial charge in [-0.3, -0.25) is 4.79 Å². The summed E-state index contributed by atoms with van der Waals surface area (Å²) in [6.07, 6.45) is 5.09. The fourth-order valence-electron chi connectivity index (χ4n) is 4.30. The maximum absolute atomic E-state index is 13.2. The number of carbonyl (C=O) groups excluding carboxylic acids is 2. The van der Waals surface area contributed by atoms with Gasteiger partial charge in [0.2, 0.25) is 5.91 Å². The monoisotopic (exact) mass is 344 g/mol. The molecule has 0 saturated carbocycles. The van der Waals surface area contributed by atoms with Crippen LogP contribution in [0.15, 0.2) is 49.1 Å². The summed E-state index contributed by atoms with van der Waals surface area (Å²) < 4.78 is 6.00. The number of aliphatic carboxylic acids is 1. The van der Waals surface area contributed by atoms with Gasteiger partial charge in [-0.25, -0.2) is 0 Å². The van der Waals surface area contributed by atoms with Gasteiger partial charge >= 0.3 is 0 Å². The molecule has 2 bridgehead atoms. The predicted octanol–water partition coefficient (Wildman–Crippen LogP) is 1.32. The molecule has 2 saturated heterocycles. The summed E-state index contributed by atoms with van der Waals surface area (Å²) in [6.45, 7) is 3.77. The summed E-state index contributed by atoms with van der Waals surface area (Å²) in [4.78, 5) is 26.3. The van der Waals surface area contributed by atoms with E-state index in [1.807, 2.05) is 6.08 Å². The van der Waals surface area contributed by atoms with Crippen LogP contribution >= 0.6 is 11.6 Å². The Morgan fingerprint density at radius 1 is 1.46 bits per heavy atom. The van der Waals surface area contributed by atoms with Gasteiger partial charge in [-0.2, -0.15) is 0 Å². The van der Waals surface area contributed by atoms with E-state index >= 15 is 0 Å². The number of carbonyl (C=O) groups is 2. The van der Waals surface area contributed by atoms with Crippen LogP contribution in [0.3, 0.4) is 0 Å². The van der Waals surface area contributed by atoms with Gasteiger partial charge in [0.15, 0.2) is 0 Å². The van der Waals surface area contributed by atoms with Crippen LogP contribution in [0.25, 0.3) is 0 Å². The molecule has 2 fully saturated rings. The third-order valence-electron chi connectivity index (χ3n) is 5.20. The molecular formula is C18H15ClNO4-. The van der Waals surface area contributed by atoms with Crippen LogP contribution in [0, 0.1) is 11.8 Å². The number of ether oxygens (including phenoxy) is 1. The lowest BCUT2D eigenvalue weighted by molar-refractivity contribution is -0.313. The molecule has 124 valence electrons. The SMILES string of the molecule is C=CCC1N(c2ccccc2Cl)C(=O)C2C(C(=O)[O-])C3C=CC21O3. The Kier molecular flexibility index (Phi) is 3.34. The first-order valence-corrected chi connectivity index (χ1v) is 8.15. The van der Waals surface area contributed by atoms with Crippen LogP contribution in [0.5, 0.6) is 0 Å². The van der Waals surface area contributed by atoms with Gasteiger partial charge in [-0.15, -0.1) is 6.58 Å². The van der Waals surface area contributed by atoms with Gasteiger partial charge in [-0.05, 0) is 18.6 Å². The van der Waals surface area contributed by atoms with Crippen LogP contribution < -0.4 is 10.0 Å². The average molecular weight is 345 g/mol. The summed E-state index contributed by atoms with van der Waals surface area (Å²) in [5, 5.41) is 12.0. The summed E-state index contributed by atoms with van der Waals surface area (Å²) in [6, 6.07) is 6.62. The Labute approximate surface area is 144 Å². The van der Waals surface area contributed by atoms with E-state index in [0.29, 0.717) is 17.1 Å². The first-order valence-electron chi connectivity index (χ1n) is 7.78. The molecule has 24 heavy (non-hydrogen) atoms.